The standard InChI is InChI=1S/C13H13NO4S/c1-7-14-11(13(15)16)12(19-7)9-5-4-8(17-2)6-10(9)18-3/h4-6H,1-3H3,(H,15,16). The molecule has 0 bridgehead atoms. The van der Waals surface area contributed by atoms with E-state index in [0.717, 1.165) is 0 Å². The van der Waals surface area contributed by atoms with Crippen molar-refractivity contribution in [1.29, 1.82) is 0 Å². The van der Waals surface area contributed by atoms with Gasteiger partial charge in [-0.2, -0.15) is 0 Å². The summed E-state index contributed by atoms with van der Waals surface area (Å²) in [6.45, 7) is 1.77. The van der Waals surface area contributed by atoms with Crippen LogP contribution in [0.2, 0.25) is 0 Å². The van der Waals surface area contributed by atoms with Crippen molar-refractivity contribution < 1.29 is 19.4 Å². The van der Waals surface area contributed by atoms with E-state index in [-0.39, 0.29) is 5.69 Å². The molecule has 0 saturated carbocycles. The average Bonchev–Trinajstić information content (AvgIpc) is 2.80. The molecule has 100 valence electrons. The molecule has 1 N–H and O–H groups in total. The highest BCUT2D eigenvalue weighted by molar-refractivity contribution is 7.15. The zero-order valence-corrected chi connectivity index (χ0v) is 11.6. The van der Waals surface area contributed by atoms with Crippen LogP contribution in [-0.2, 0) is 0 Å². The molecular formula is C13H13NO4S. The summed E-state index contributed by atoms with van der Waals surface area (Å²) in [7, 11) is 3.10. The van der Waals surface area contributed by atoms with E-state index >= 15 is 0 Å². The van der Waals surface area contributed by atoms with Gasteiger partial charge in [-0.15, -0.1) is 11.3 Å². The molecule has 5 nitrogen and oxygen atoms in total. The van der Waals surface area contributed by atoms with Crippen molar-refractivity contribution in [3.05, 3.63) is 28.9 Å². The smallest absolute Gasteiger partial charge is 0.356 e. The number of benzene rings is 1. The number of hydrogen-bond acceptors (Lipinski definition) is 5. The first-order chi connectivity index (χ1) is 9.06. The summed E-state index contributed by atoms with van der Waals surface area (Å²) < 4.78 is 10.4. The van der Waals surface area contributed by atoms with Gasteiger partial charge in [0.05, 0.1) is 24.1 Å². The maximum absolute atomic E-state index is 11.2. The number of aromatic nitrogens is 1. The second-order valence-electron chi connectivity index (χ2n) is 3.78. The summed E-state index contributed by atoms with van der Waals surface area (Å²) in [6, 6.07) is 5.26. The van der Waals surface area contributed by atoms with Gasteiger partial charge >= 0.3 is 5.97 Å². The molecule has 0 fully saturated rings. The Morgan fingerprint density at radius 3 is 2.63 bits per heavy atom. The predicted octanol–water partition coefficient (Wildman–Crippen LogP) is 2.83. The molecule has 2 aromatic rings. The maximum atomic E-state index is 11.2. The second-order valence-corrected chi connectivity index (χ2v) is 4.99. The number of carbonyl (C=O) groups is 1. The number of hydrogen-bond donors (Lipinski definition) is 1. The van der Waals surface area contributed by atoms with E-state index in [2.05, 4.69) is 4.98 Å². The molecule has 0 atom stereocenters. The van der Waals surface area contributed by atoms with Crippen molar-refractivity contribution in [3.8, 4) is 21.9 Å². The number of aryl methyl sites for hydroxylation is 1. The van der Waals surface area contributed by atoms with Crippen LogP contribution in [0.5, 0.6) is 11.5 Å². The lowest BCUT2D eigenvalue weighted by Crippen LogP contribution is -1.99. The number of aromatic carboxylic acids is 1. The van der Waals surface area contributed by atoms with Crippen LogP contribution in [0.1, 0.15) is 15.5 Å². The average molecular weight is 279 g/mol. The van der Waals surface area contributed by atoms with E-state index in [1.54, 1.807) is 32.2 Å². The summed E-state index contributed by atoms with van der Waals surface area (Å²) in [5.74, 6) is 0.168. The van der Waals surface area contributed by atoms with Crippen LogP contribution in [0.25, 0.3) is 10.4 Å². The normalized spacial score (nSPS) is 10.3. The number of carboxylic acids is 1. The van der Waals surface area contributed by atoms with Crippen molar-refractivity contribution in [2.24, 2.45) is 0 Å². The Kier molecular flexibility index (Phi) is 3.71. The van der Waals surface area contributed by atoms with E-state index < -0.39 is 5.97 Å². The van der Waals surface area contributed by atoms with Crippen molar-refractivity contribution in [2.45, 2.75) is 6.92 Å². The van der Waals surface area contributed by atoms with Crippen molar-refractivity contribution >= 4 is 17.3 Å². The zero-order valence-electron chi connectivity index (χ0n) is 10.8. The third-order valence-electron chi connectivity index (χ3n) is 2.59. The van der Waals surface area contributed by atoms with E-state index in [1.807, 2.05) is 0 Å². The Bertz CT molecular complexity index is 621. The van der Waals surface area contributed by atoms with Gasteiger partial charge in [0, 0.05) is 11.6 Å². The lowest BCUT2D eigenvalue weighted by molar-refractivity contribution is 0.0692. The Labute approximate surface area is 114 Å². The highest BCUT2D eigenvalue weighted by atomic mass is 32.1. The second kappa shape index (κ2) is 5.27. The molecule has 0 aliphatic carbocycles. The minimum Gasteiger partial charge on any atom is -0.497 e. The van der Waals surface area contributed by atoms with Gasteiger partial charge in [-0.3, -0.25) is 0 Å². The van der Waals surface area contributed by atoms with Crippen LogP contribution in [0.4, 0.5) is 0 Å². The molecule has 0 amide bonds. The number of methoxy groups -OCH3 is 2. The molecular weight excluding hydrogens is 266 g/mol. The van der Waals surface area contributed by atoms with E-state index in [0.29, 0.717) is 26.9 Å². The Morgan fingerprint density at radius 1 is 1.32 bits per heavy atom. The van der Waals surface area contributed by atoms with Crippen LogP contribution in [0.15, 0.2) is 18.2 Å². The van der Waals surface area contributed by atoms with Gasteiger partial charge in [0.15, 0.2) is 5.69 Å². The highest BCUT2D eigenvalue weighted by Crippen LogP contribution is 2.38. The van der Waals surface area contributed by atoms with Gasteiger partial charge in [0.1, 0.15) is 11.5 Å². The molecule has 0 aliphatic rings. The largest absolute Gasteiger partial charge is 0.497 e. The first kappa shape index (κ1) is 13.4. The molecule has 2 rings (SSSR count). The molecule has 1 aromatic carbocycles. The molecule has 0 unspecified atom stereocenters. The Morgan fingerprint density at radius 2 is 2.05 bits per heavy atom. The third-order valence-corrected chi connectivity index (χ3v) is 3.59. The Balaban J connectivity index is 2.61. The summed E-state index contributed by atoms with van der Waals surface area (Å²) in [6.07, 6.45) is 0. The maximum Gasteiger partial charge on any atom is 0.356 e. The molecule has 1 heterocycles. The molecule has 0 spiro atoms. The molecule has 0 saturated heterocycles. The topological polar surface area (TPSA) is 68.7 Å². The number of rotatable bonds is 4. The summed E-state index contributed by atoms with van der Waals surface area (Å²) in [4.78, 5) is 15.8. The SMILES string of the molecule is COc1ccc(-c2sc(C)nc2C(=O)O)c(OC)c1. The number of carboxylic acid groups (broad SMARTS) is 1. The summed E-state index contributed by atoms with van der Waals surface area (Å²) in [5.41, 5.74) is 0.747. The lowest BCUT2D eigenvalue weighted by Gasteiger charge is -2.09. The van der Waals surface area contributed by atoms with Gasteiger partial charge in [0.25, 0.3) is 0 Å². The van der Waals surface area contributed by atoms with E-state index in [1.165, 1.54) is 18.4 Å². The molecule has 19 heavy (non-hydrogen) atoms. The molecule has 6 heteroatoms. The van der Waals surface area contributed by atoms with Crippen LogP contribution in [0.3, 0.4) is 0 Å². The fourth-order valence-electron chi connectivity index (χ4n) is 1.74. The fraction of sp³-hybridized carbons (Fsp3) is 0.231. The first-order valence-electron chi connectivity index (χ1n) is 5.50. The summed E-state index contributed by atoms with van der Waals surface area (Å²) in [5, 5.41) is 9.88. The van der Waals surface area contributed by atoms with Crippen molar-refractivity contribution in [3.63, 3.8) is 0 Å². The number of thiazole rings is 1. The van der Waals surface area contributed by atoms with Crippen molar-refractivity contribution in [2.75, 3.05) is 14.2 Å². The minimum absolute atomic E-state index is 0.0472. The highest BCUT2D eigenvalue weighted by Gasteiger charge is 2.20. The van der Waals surface area contributed by atoms with Crippen LogP contribution in [0, 0.1) is 6.92 Å². The Hall–Kier alpha value is -2.08. The van der Waals surface area contributed by atoms with Crippen molar-refractivity contribution in [1.82, 2.24) is 4.98 Å². The van der Waals surface area contributed by atoms with Crippen LogP contribution < -0.4 is 9.47 Å². The van der Waals surface area contributed by atoms with Gasteiger partial charge in [-0.1, -0.05) is 0 Å². The molecule has 0 aliphatic heterocycles. The van der Waals surface area contributed by atoms with E-state index in [9.17, 15) is 9.90 Å². The van der Waals surface area contributed by atoms with Gasteiger partial charge in [0.2, 0.25) is 0 Å². The zero-order chi connectivity index (χ0) is 14.0. The molecule has 1 aromatic heterocycles. The van der Waals surface area contributed by atoms with E-state index in [4.69, 9.17) is 9.47 Å². The minimum atomic E-state index is -1.04. The van der Waals surface area contributed by atoms with Gasteiger partial charge < -0.3 is 14.6 Å². The third kappa shape index (κ3) is 2.53. The van der Waals surface area contributed by atoms with Crippen LogP contribution in [-0.4, -0.2) is 30.3 Å². The van der Waals surface area contributed by atoms with Gasteiger partial charge in [-0.25, -0.2) is 9.78 Å². The molecule has 0 radical (unpaired) electrons. The predicted molar refractivity (Wildman–Crippen MR) is 72.4 cm³/mol. The lowest BCUT2D eigenvalue weighted by atomic mass is 10.1. The number of ether oxygens (including phenoxy) is 2. The number of nitrogens with zero attached hydrogens (tertiary/aromatic N) is 1. The first-order valence-corrected chi connectivity index (χ1v) is 6.31. The monoisotopic (exact) mass is 279 g/mol. The fourth-order valence-corrected chi connectivity index (χ4v) is 2.68. The quantitative estimate of drug-likeness (QED) is 0.932. The van der Waals surface area contributed by atoms with Gasteiger partial charge in [-0.05, 0) is 19.1 Å². The summed E-state index contributed by atoms with van der Waals surface area (Å²) >= 11 is 1.33. The van der Waals surface area contributed by atoms with Crippen LogP contribution >= 0.6 is 11.3 Å².